The van der Waals surface area contributed by atoms with Crippen molar-refractivity contribution in [2.75, 3.05) is 29.4 Å². The first kappa shape index (κ1) is 22.4. The fourth-order valence-electron chi connectivity index (χ4n) is 4.64. The molecule has 0 saturated carbocycles. The standard InChI is InChI=1S/C24H27F4N3O/c1-3-15(2)29-23(32)20-13-16-12-17(24(26,27)28)4-9-21(16)31-11-10-30(14-22(20)31)19-7-5-18(25)6-8-19/h4-9,12,15,20,22H,3,10-11,13-14H2,1-2H3,(H,29,32)/t15-,20+,22+/m0/s1. The van der Waals surface area contributed by atoms with E-state index in [9.17, 15) is 22.4 Å². The summed E-state index contributed by atoms with van der Waals surface area (Å²) in [4.78, 5) is 17.4. The number of fused-ring (bicyclic) bond motifs is 3. The van der Waals surface area contributed by atoms with Gasteiger partial charge in [0, 0.05) is 37.1 Å². The molecule has 0 unspecified atom stereocenters. The number of amides is 1. The monoisotopic (exact) mass is 449 g/mol. The number of alkyl halides is 3. The molecule has 2 aliphatic rings. The Hall–Kier alpha value is -2.77. The minimum absolute atomic E-state index is 0.0179. The van der Waals surface area contributed by atoms with Crippen LogP contribution in [-0.4, -0.2) is 37.6 Å². The van der Waals surface area contributed by atoms with E-state index in [4.69, 9.17) is 0 Å². The highest BCUT2D eigenvalue weighted by Crippen LogP contribution is 2.40. The summed E-state index contributed by atoms with van der Waals surface area (Å²) < 4.78 is 53.3. The van der Waals surface area contributed by atoms with Gasteiger partial charge in [-0.25, -0.2) is 4.39 Å². The zero-order valence-electron chi connectivity index (χ0n) is 18.1. The lowest BCUT2D eigenvalue weighted by molar-refractivity contribution is -0.137. The molecule has 8 heteroatoms. The van der Waals surface area contributed by atoms with Gasteiger partial charge in [0.15, 0.2) is 0 Å². The summed E-state index contributed by atoms with van der Waals surface area (Å²) in [6.45, 7) is 5.61. The van der Waals surface area contributed by atoms with Gasteiger partial charge < -0.3 is 15.1 Å². The number of piperazine rings is 1. The van der Waals surface area contributed by atoms with Gasteiger partial charge >= 0.3 is 6.18 Å². The molecule has 0 radical (unpaired) electrons. The molecule has 2 aromatic rings. The van der Waals surface area contributed by atoms with Crippen LogP contribution in [0.4, 0.5) is 28.9 Å². The van der Waals surface area contributed by atoms with E-state index in [1.165, 1.54) is 24.3 Å². The van der Waals surface area contributed by atoms with E-state index in [2.05, 4.69) is 15.1 Å². The van der Waals surface area contributed by atoms with Crippen LogP contribution < -0.4 is 15.1 Å². The molecule has 172 valence electrons. The molecule has 0 aliphatic carbocycles. The average molecular weight is 449 g/mol. The van der Waals surface area contributed by atoms with Crippen molar-refractivity contribution < 1.29 is 22.4 Å². The third-order valence-electron chi connectivity index (χ3n) is 6.57. The number of nitrogens with zero attached hydrogens (tertiary/aromatic N) is 2. The number of nitrogens with one attached hydrogen (secondary N) is 1. The van der Waals surface area contributed by atoms with Crippen molar-refractivity contribution in [3.05, 3.63) is 59.4 Å². The zero-order valence-corrected chi connectivity index (χ0v) is 18.1. The van der Waals surface area contributed by atoms with Crippen LogP contribution in [-0.2, 0) is 17.4 Å². The normalized spacial score (nSPS) is 21.6. The quantitative estimate of drug-likeness (QED) is 0.692. The van der Waals surface area contributed by atoms with Crippen molar-refractivity contribution in [2.45, 2.75) is 44.9 Å². The number of hydrogen-bond donors (Lipinski definition) is 1. The van der Waals surface area contributed by atoms with Gasteiger partial charge in [0.05, 0.1) is 17.5 Å². The number of halogens is 4. The maximum atomic E-state index is 13.4. The van der Waals surface area contributed by atoms with Gasteiger partial charge in [0.1, 0.15) is 5.82 Å². The van der Waals surface area contributed by atoms with Crippen molar-refractivity contribution in [2.24, 2.45) is 5.92 Å². The van der Waals surface area contributed by atoms with Crippen LogP contribution in [0.15, 0.2) is 42.5 Å². The summed E-state index contributed by atoms with van der Waals surface area (Å²) in [6.07, 6.45) is -3.41. The lowest BCUT2D eigenvalue weighted by atomic mass is 9.82. The first-order chi connectivity index (χ1) is 15.2. The van der Waals surface area contributed by atoms with E-state index in [-0.39, 0.29) is 30.2 Å². The van der Waals surface area contributed by atoms with Crippen LogP contribution >= 0.6 is 0 Å². The molecule has 3 atom stereocenters. The highest BCUT2D eigenvalue weighted by Gasteiger charge is 2.43. The second kappa shape index (κ2) is 8.64. The molecule has 0 spiro atoms. The molecule has 4 rings (SSSR count). The Morgan fingerprint density at radius 3 is 2.53 bits per heavy atom. The number of anilines is 2. The average Bonchev–Trinajstić information content (AvgIpc) is 2.77. The van der Waals surface area contributed by atoms with Crippen LogP contribution in [0.1, 0.15) is 31.4 Å². The van der Waals surface area contributed by atoms with E-state index in [1.54, 1.807) is 12.1 Å². The first-order valence-corrected chi connectivity index (χ1v) is 10.9. The number of carbonyl (C=O) groups is 1. The Morgan fingerprint density at radius 2 is 1.88 bits per heavy atom. The maximum Gasteiger partial charge on any atom is 0.416 e. The summed E-state index contributed by atoms with van der Waals surface area (Å²) in [7, 11) is 0. The predicted octanol–water partition coefficient (Wildman–Crippen LogP) is 4.63. The summed E-state index contributed by atoms with van der Waals surface area (Å²) in [5.74, 6) is -0.938. The molecular formula is C24H27F4N3O. The first-order valence-electron chi connectivity index (χ1n) is 10.9. The van der Waals surface area contributed by atoms with Crippen LogP contribution in [0.5, 0.6) is 0 Å². The number of carbonyl (C=O) groups excluding carboxylic acids is 1. The Bertz CT molecular complexity index is 976. The summed E-state index contributed by atoms with van der Waals surface area (Å²) in [5, 5.41) is 3.01. The molecule has 1 fully saturated rings. The molecule has 32 heavy (non-hydrogen) atoms. The number of hydrogen-bond acceptors (Lipinski definition) is 3. The third-order valence-corrected chi connectivity index (χ3v) is 6.57. The van der Waals surface area contributed by atoms with Crippen molar-refractivity contribution in [3.8, 4) is 0 Å². The second-order valence-electron chi connectivity index (χ2n) is 8.65. The SMILES string of the molecule is CC[C@H](C)NC(=O)[C@@H]1Cc2cc(C(F)(F)F)ccc2N2CCN(c3ccc(F)cc3)C[C@H]12. The summed E-state index contributed by atoms with van der Waals surface area (Å²) in [5.41, 5.74) is 1.48. The number of rotatable bonds is 4. The molecule has 0 bridgehead atoms. The Morgan fingerprint density at radius 1 is 1.16 bits per heavy atom. The fraction of sp³-hybridized carbons (Fsp3) is 0.458. The van der Waals surface area contributed by atoms with Gasteiger partial charge in [-0.3, -0.25) is 4.79 Å². The molecule has 1 amide bonds. The topological polar surface area (TPSA) is 35.6 Å². The van der Waals surface area contributed by atoms with Crippen LogP contribution in [0.2, 0.25) is 0 Å². The number of benzene rings is 2. The largest absolute Gasteiger partial charge is 0.416 e. The van der Waals surface area contributed by atoms with E-state index >= 15 is 0 Å². The van der Waals surface area contributed by atoms with Crippen molar-refractivity contribution in [1.29, 1.82) is 0 Å². The molecule has 2 aromatic carbocycles. The molecule has 1 N–H and O–H groups in total. The third kappa shape index (κ3) is 4.40. The predicted molar refractivity (Wildman–Crippen MR) is 116 cm³/mol. The zero-order chi connectivity index (χ0) is 23.0. The molecule has 4 nitrogen and oxygen atoms in total. The molecule has 1 saturated heterocycles. The summed E-state index contributed by atoms with van der Waals surface area (Å²) >= 11 is 0. The van der Waals surface area contributed by atoms with Gasteiger partial charge in [-0.2, -0.15) is 13.2 Å². The van der Waals surface area contributed by atoms with Crippen LogP contribution in [0, 0.1) is 11.7 Å². The van der Waals surface area contributed by atoms with E-state index in [0.717, 1.165) is 23.9 Å². The van der Waals surface area contributed by atoms with Crippen LogP contribution in [0.3, 0.4) is 0 Å². The van der Waals surface area contributed by atoms with Crippen LogP contribution in [0.25, 0.3) is 0 Å². The van der Waals surface area contributed by atoms with E-state index in [1.807, 2.05) is 13.8 Å². The Labute approximate surface area is 185 Å². The maximum absolute atomic E-state index is 13.4. The van der Waals surface area contributed by atoms with Gasteiger partial charge in [0.25, 0.3) is 0 Å². The van der Waals surface area contributed by atoms with Gasteiger partial charge in [-0.1, -0.05) is 6.92 Å². The minimum atomic E-state index is -4.43. The smallest absolute Gasteiger partial charge is 0.368 e. The van der Waals surface area contributed by atoms with Gasteiger partial charge in [-0.05, 0) is 67.8 Å². The lowest BCUT2D eigenvalue weighted by Gasteiger charge is -2.50. The molecule has 2 heterocycles. The Balaban J connectivity index is 1.67. The summed E-state index contributed by atoms with van der Waals surface area (Å²) in [6, 6.07) is 9.85. The minimum Gasteiger partial charge on any atom is -0.368 e. The highest BCUT2D eigenvalue weighted by molar-refractivity contribution is 5.82. The second-order valence-corrected chi connectivity index (χ2v) is 8.65. The van der Waals surface area contributed by atoms with E-state index < -0.39 is 17.7 Å². The van der Waals surface area contributed by atoms with Crippen molar-refractivity contribution in [3.63, 3.8) is 0 Å². The van der Waals surface area contributed by atoms with Gasteiger partial charge in [-0.15, -0.1) is 0 Å². The molecule has 0 aromatic heterocycles. The van der Waals surface area contributed by atoms with Crippen molar-refractivity contribution in [1.82, 2.24) is 5.32 Å². The lowest BCUT2D eigenvalue weighted by Crippen LogP contribution is -2.61. The van der Waals surface area contributed by atoms with Gasteiger partial charge in [0.2, 0.25) is 5.91 Å². The fourth-order valence-corrected chi connectivity index (χ4v) is 4.64. The highest BCUT2D eigenvalue weighted by atomic mass is 19.4. The Kier molecular flexibility index (Phi) is 6.05. The molecular weight excluding hydrogens is 422 g/mol. The molecule has 2 aliphatic heterocycles. The van der Waals surface area contributed by atoms with E-state index in [0.29, 0.717) is 25.2 Å². The van der Waals surface area contributed by atoms with Crippen molar-refractivity contribution >= 4 is 17.3 Å².